The molecule has 1 aromatic rings. The largest absolute Gasteiger partial charge is 0.394 e. The van der Waals surface area contributed by atoms with Crippen molar-refractivity contribution in [1.29, 1.82) is 0 Å². The molecule has 1 aromatic carbocycles. The third-order valence-corrected chi connectivity index (χ3v) is 3.82. The molecule has 0 spiro atoms. The highest BCUT2D eigenvalue weighted by atomic mass is 16.6. The van der Waals surface area contributed by atoms with Crippen molar-refractivity contribution in [2.45, 2.75) is 30.6 Å². The Morgan fingerprint density at radius 1 is 1.18 bits per heavy atom. The van der Waals surface area contributed by atoms with Crippen molar-refractivity contribution in [1.82, 2.24) is 0 Å². The summed E-state index contributed by atoms with van der Waals surface area (Å²) in [4.78, 5) is 16.9. The third kappa shape index (κ3) is 2.31. The zero-order valence-electron chi connectivity index (χ0n) is 11.5. The number of para-hydroxylation sites is 1. The molecule has 0 radical (unpaired) electrons. The van der Waals surface area contributed by atoms with E-state index >= 15 is 0 Å². The average Bonchev–Trinajstić information content (AvgIpc) is 2.74. The van der Waals surface area contributed by atoms with Gasteiger partial charge in [0, 0.05) is 11.8 Å². The van der Waals surface area contributed by atoms with E-state index < -0.39 is 43.3 Å². The summed E-state index contributed by atoms with van der Waals surface area (Å²) in [5.74, 6) is 0. The Morgan fingerprint density at radius 2 is 1.91 bits per heavy atom. The topological polar surface area (TPSA) is 123 Å². The zero-order chi connectivity index (χ0) is 15.9. The van der Waals surface area contributed by atoms with Gasteiger partial charge in [-0.05, 0) is 6.07 Å². The second-order valence-corrected chi connectivity index (χ2v) is 5.16. The fraction of sp³-hybridized carbons (Fsp3) is 0.429. The highest BCUT2D eigenvalue weighted by Crippen LogP contribution is 2.34. The van der Waals surface area contributed by atoms with Gasteiger partial charge in [-0.1, -0.05) is 18.2 Å². The Balaban J connectivity index is 2.04. The van der Waals surface area contributed by atoms with Gasteiger partial charge in [0.05, 0.1) is 12.3 Å². The van der Waals surface area contributed by atoms with Crippen LogP contribution in [0.5, 0.6) is 0 Å². The Bertz CT molecular complexity index is 607. The molecule has 2 aliphatic rings. The molecule has 2 heterocycles. The van der Waals surface area contributed by atoms with Crippen molar-refractivity contribution in [3.05, 3.63) is 29.8 Å². The molecule has 1 saturated heterocycles. The lowest BCUT2D eigenvalue weighted by atomic mass is 10.1. The van der Waals surface area contributed by atoms with Crippen LogP contribution in [0.15, 0.2) is 29.3 Å². The molecule has 8 nitrogen and oxygen atoms in total. The number of amides is 2. The van der Waals surface area contributed by atoms with Crippen LogP contribution in [-0.2, 0) is 4.74 Å². The van der Waals surface area contributed by atoms with Gasteiger partial charge in [-0.2, -0.15) is 0 Å². The van der Waals surface area contributed by atoms with Gasteiger partial charge in [0.2, 0.25) is 0 Å². The van der Waals surface area contributed by atoms with E-state index in [4.69, 9.17) is 9.84 Å². The lowest BCUT2D eigenvalue weighted by Crippen LogP contribution is -2.46. The molecule has 0 saturated carbocycles. The summed E-state index contributed by atoms with van der Waals surface area (Å²) in [7, 11) is 0. The second kappa shape index (κ2) is 5.75. The summed E-state index contributed by atoms with van der Waals surface area (Å²) >= 11 is 0. The molecule has 22 heavy (non-hydrogen) atoms. The minimum absolute atomic E-state index is 0.326. The van der Waals surface area contributed by atoms with Gasteiger partial charge in [0.1, 0.15) is 24.4 Å². The molecule has 3 rings (SSSR count). The molecule has 5 atom stereocenters. The Labute approximate surface area is 125 Å². The van der Waals surface area contributed by atoms with Gasteiger partial charge in [0.15, 0.2) is 6.23 Å². The number of nitrogens with zero attached hydrogens (tertiary/aromatic N) is 2. The number of aliphatic hydroxyl groups excluding tert-OH is 4. The van der Waals surface area contributed by atoms with Crippen molar-refractivity contribution in [3.63, 3.8) is 0 Å². The van der Waals surface area contributed by atoms with Crippen LogP contribution in [0.1, 0.15) is 11.7 Å². The van der Waals surface area contributed by atoms with E-state index in [1.807, 2.05) is 0 Å². The van der Waals surface area contributed by atoms with Crippen LogP contribution in [0.4, 0.5) is 10.5 Å². The van der Waals surface area contributed by atoms with E-state index in [9.17, 15) is 20.1 Å². The molecule has 8 heteroatoms. The number of rotatable bonds is 2. The number of aliphatic hydroxyl groups is 4. The number of carbonyl (C=O) groups is 1. The first kappa shape index (κ1) is 15.1. The van der Waals surface area contributed by atoms with Crippen LogP contribution in [0.3, 0.4) is 0 Å². The first-order valence-electron chi connectivity index (χ1n) is 6.81. The summed E-state index contributed by atoms with van der Waals surface area (Å²) < 4.78 is 5.39. The number of fused-ring (bicyclic) bond motifs is 1. The predicted octanol–water partition coefficient (Wildman–Crippen LogP) is -0.830. The number of benzene rings is 1. The number of urea groups is 1. The normalized spacial score (nSPS) is 34.6. The summed E-state index contributed by atoms with van der Waals surface area (Å²) in [6.45, 7) is -0.496. The van der Waals surface area contributed by atoms with Gasteiger partial charge < -0.3 is 25.2 Å². The van der Waals surface area contributed by atoms with E-state index in [2.05, 4.69) is 4.99 Å². The van der Waals surface area contributed by atoms with Crippen LogP contribution < -0.4 is 4.90 Å². The van der Waals surface area contributed by atoms with Gasteiger partial charge in [-0.3, -0.25) is 4.90 Å². The highest BCUT2D eigenvalue weighted by Gasteiger charge is 2.48. The maximum absolute atomic E-state index is 12.2. The van der Waals surface area contributed by atoms with Crippen LogP contribution >= 0.6 is 0 Å². The molecule has 2 amide bonds. The van der Waals surface area contributed by atoms with Crippen LogP contribution in [0.25, 0.3) is 0 Å². The van der Waals surface area contributed by atoms with E-state index in [1.54, 1.807) is 24.3 Å². The molecule has 5 unspecified atom stereocenters. The third-order valence-electron chi connectivity index (χ3n) is 3.82. The first-order valence-corrected chi connectivity index (χ1v) is 6.81. The van der Waals surface area contributed by atoms with Gasteiger partial charge in [-0.15, -0.1) is 0 Å². The predicted molar refractivity (Wildman–Crippen MR) is 75.5 cm³/mol. The number of hydrogen-bond acceptors (Lipinski definition) is 6. The molecule has 2 aliphatic heterocycles. The lowest BCUT2D eigenvalue weighted by Gasteiger charge is -2.29. The molecule has 4 N–H and O–H groups in total. The number of aliphatic imine (C=N–C) groups is 1. The van der Waals surface area contributed by atoms with E-state index in [-0.39, 0.29) is 0 Å². The zero-order valence-corrected chi connectivity index (χ0v) is 11.5. The molecule has 0 aromatic heterocycles. The van der Waals surface area contributed by atoms with Crippen molar-refractivity contribution in [2.24, 2.45) is 4.99 Å². The SMILES string of the molecule is O=C1N=CC(O)c2ccccc2N1C1OC(CO)C(O)C1O. The van der Waals surface area contributed by atoms with Gasteiger partial charge in [-0.25, -0.2) is 9.79 Å². The number of hydrogen-bond donors (Lipinski definition) is 4. The minimum Gasteiger partial charge on any atom is -0.394 e. The van der Waals surface area contributed by atoms with Gasteiger partial charge >= 0.3 is 6.03 Å². The summed E-state index contributed by atoms with van der Waals surface area (Å²) in [6.07, 6.45) is -4.91. The van der Waals surface area contributed by atoms with Crippen LogP contribution in [0.2, 0.25) is 0 Å². The van der Waals surface area contributed by atoms with E-state index in [0.29, 0.717) is 11.3 Å². The Kier molecular flexibility index (Phi) is 3.94. The quantitative estimate of drug-likeness (QED) is 0.565. The maximum atomic E-state index is 12.2. The first-order chi connectivity index (χ1) is 10.5. The summed E-state index contributed by atoms with van der Waals surface area (Å²) in [6, 6.07) is 5.83. The van der Waals surface area contributed by atoms with E-state index in [0.717, 1.165) is 11.1 Å². The average molecular weight is 308 g/mol. The fourth-order valence-electron chi connectivity index (χ4n) is 2.68. The maximum Gasteiger partial charge on any atom is 0.349 e. The molecule has 1 fully saturated rings. The number of carbonyl (C=O) groups excluding carboxylic acids is 1. The molecular weight excluding hydrogens is 292 g/mol. The minimum atomic E-state index is -1.40. The monoisotopic (exact) mass is 308 g/mol. The van der Waals surface area contributed by atoms with E-state index in [1.165, 1.54) is 0 Å². The smallest absolute Gasteiger partial charge is 0.349 e. The van der Waals surface area contributed by atoms with Crippen LogP contribution in [-0.4, -0.2) is 63.8 Å². The second-order valence-electron chi connectivity index (χ2n) is 5.16. The summed E-state index contributed by atoms with van der Waals surface area (Å²) in [5.41, 5.74) is 0.752. The Morgan fingerprint density at radius 3 is 2.59 bits per heavy atom. The highest BCUT2D eigenvalue weighted by molar-refractivity contribution is 6.01. The number of anilines is 1. The Hall–Kier alpha value is -1.84. The fourth-order valence-corrected chi connectivity index (χ4v) is 2.68. The molecule has 118 valence electrons. The summed E-state index contributed by atoms with van der Waals surface area (Å²) in [5, 5.41) is 39.1. The van der Waals surface area contributed by atoms with Crippen molar-refractivity contribution in [2.75, 3.05) is 11.5 Å². The standard InChI is InChI=1S/C14H16N2O6/c17-6-10-11(19)12(20)13(22-10)16-8-4-2-1-3-7(8)9(18)5-15-14(16)21/h1-5,9-13,17-20H,6H2. The van der Waals surface area contributed by atoms with Crippen LogP contribution in [0, 0.1) is 0 Å². The molecule has 0 aliphatic carbocycles. The van der Waals surface area contributed by atoms with Crippen molar-refractivity contribution in [3.8, 4) is 0 Å². The van der Waals surface area contributed by atoms with Crippen molar-refractivity contribution >= 4 is 17.9 Å². The molecular formula is C14H16N2O6. The number of ether oxygens (including phenoxy) is 1. The van der Waals surface area contributed by atoms with Crippen molar-refractivity contribution < 1.29 is 30.0 Å². The lowest BCUT2D eigenvalue weighted by molar-refractivity contribution is -0.0202. The molecule has 0 bridgehead atoms. The van der Waals surface area contributed by atoms with Gasteiger partial charge in [0.25, 0.3) is 0 Å².